The van der Waals surface area contributed by atoms with E-state index in [1.54, 1.807) is 18.5 Å². The second-order valence-electron chi connectivity index (χ2n) is 9.60. The molecule has 2 aliphatic carbocycles. The number of halogens is 5. The van der Waals surface area contributed by atoms with Crippen molar-refractivity contribution >= 4 is 17.5 Å². The SMILES string of the molecule is O=C(CC1CC(F)(F)C1)NC(c1cnn2cc(CNC(=O)c3cnn(CC(F)(F)F)n3)nc2c1)C1CC1. The van der Waals surface area contributed by atoms with E-state index in [1.807, 2.05) is 0 Å². The van der Waals surface area contributed by atoms with E-state index in [0.717, 1.165) is 24.6 Å². The molecule has 1 unspecified atom stereocenters. The lowest BCUT2D eigenvalue weighted by atomic mass is 9.79. The van der Waals surface area contributed by atoms with Crippen LogP contribution in [0.1, 0.15) is 59.9 Å². The first kappa shape index (κ1) is 25.0. The molecule has 2 fully saturated rings. The summed E-state index contributed by atoms with van der Waals surface area (Å²) >= 11 is 0. The monoisotopic (exact) mass is 526 g/mol. The van der Waals surface area contributed by atoms with Crippen LogP contribution in [0.5, 0.6) is 0 Å². The molecule has 0 radical (unpaired) electrons. The molecule has 1 atom stereocenters. The van der Waals surface area contributed by atoms with Gasteiger partial charge in [0.05, 0.1) is 36.9 Å². The second kappa shape index (κ2) is 9.34. The van der Waals surface area contributed by atoms with Gasteiger partial charge in [-0.15, -0.1) is 5.10 Å². The van der Waals surface area contributed by atoms with Crippen LogP contribution in [0.4, 0.5) is 22.0 Å². The standard InChI is InChI=1S/C22H23F5N8O2/c23-21(24)5-12(6-21)3-18(36)32-19(13-1-2-13)14-4-17-31-15(10-34(17)29-7-14)8-28-20(37)16-9-30-35(33-16)11-22(25,26)27/h4,7,9-10,12-13,19H,1-3,5-6,8,11H2,(H,28,37)(H,32,36). The molecular formula is C22H23F5N8O2. The number of nitrogens with zero attached hydrogens (tertiary/aromatic N) is 6. The minimum absolute atomic E-state index is 0.0293. The summed E-state index contributed by atoms with van der Waals surface area (Å²) in [7, 11) is 0. The van der Waals surface area contributed by atoms with Crippen LogP contribution in [-0.2, 0) is 17.9 Å². The molecule has 0 bridgehead atoms. The first-order valence-electron chi connectivity index (χ1n) is 11.7. The van der Waals surface area contributed by atoms with E-state index in [9.17, 15) is 31.5 Å². The van der Waals surface area contributed by atoms with Crippen LogP contribution < -0.4 is 10.6 Å². The van der Waals surface area contributed by atoms with Gasteiger partial charge in [0.1, 0.15) is 0 Å². The molecule has 2 N–H and O–H groups in total. The fraction of sp³-hybridized carbons (Fsp3) is 0.545. The maximum atomic E-state index is 13.1. The van der Waals surface area contributed by atoms with Crippen molar-refractivity contribution in [3.05, 3.63) is 41.6 Å². The summed E-state index contributed by atoms with van der Waals surface area (Å²) in [6, 6.07) is 1.46. The van der Waals surface area contributed by atoms with Gasteiger partial charge in [0.2, 0.25) is 11.8 Å². The zero-order chi connectivity index (χ0) is 26.4. The minimum atomic E-state index is -4.51. The van der Waals surface area contributed by atoms with E-state index in [4.69, 9.17) is 0 Å². The van der Waals surface area contributed by atoms with Crippen molar-refractivity contribution in [3.8, 4) is 0 Å². The molecule has 2 amide bonds. The van der Waals surface area contributed by atoms with Crippen LogP contribution in [-0.4, -0.2) is 53.5 Å². The van der Waals surface area contributed by atoms with Crippen molar-refractivity contribution in [2.45, 2.75) is 63.3 Å². The maximum absolute atomic E-state index is 13.1. The zero-order valence-corrected chi connectivity index (χ0v) is 19.4. The van der Waals surface area contributed by atoms with Gasteiger partial charge < -0.3 is 10.6 Å². The summed E-state index contributed by atoms with van der Waals surface area (Å²) in [6.45, 7) is -1.43. The number of rotatable bonds is 9. The van der Waals surface area contributed by atoms with E-state index in [2.05, 4.69) is 30.9 Å². The van der Waals surface area contributed by atoms with Crippen molar-refractivity contribution in [1.82, 2.24) is 40.2 Å². The molecule has 0 aliphatic heterocycles. The van der Waals surface area contributed by atoms with Gasteiger partial charge in [0.25, 0.3) is 5.91 Å². The van der Waals surface area contributed by atoms with Crippen LogP contribution in [0.15, 0.2) is 24.7 Å². The summed E-state index contributed by atoms with van der Waals surface area (Å²) in [5.41, 5.74) is 1.39. The highest BCUT2D eigenvalue weighted by molar-refractivity contribution is 5.91. The van der Waals surface area contributed by atoms with E-state index in [0.29, 0.717) is 16.1 Å². The molecule has 10 nitrogen and oxygen atoms in total. The molecule has 0 saturated heterocycles. The number of imidazole rings is 1. The Bertz CT molecular complexity index is 1310. The first-order valence-corrected chi connectivity index (χ1v) is 11.7. The van der Waals surface area contributed by atoms with E-state index >= 15 is 0 Å². The molecule has 0 spiro atoms. The minimum Gasteiger partial charge on any atom is -0.349 e. The predicted molar refractivity (Wildman–Crippen MR) is 116 cm³/mol. The Morgan fingerprint density at radius 2 is 1.92 bits per heavy atom. The third kappa shape index (κ3) is 6.20. The maximum Gasteiger partial charge on any atom is 0.409 e. The Balaban J connectivity index is 1.20. The molecule has 2 saturated carbocycles. The van der Waals surface area contributed by atoms with Crippen molar-refractivity contribution in [3.63, 3.8) is 0 Å². The summed E-state index contributed by atoms with van der Waals surface area (Å²) in [6.07, 6.45) is 1.02. The highest BCUT2D eigenvalue weighted by Gasteiger charge is 2.46. The molecule has 37 heavy (non-hydrogen) atoms. The molecule has 5 rings (SSSR count). The lowest BCUT2D eigenvalue weighted by Crippen LogP contribution is -2.39. The third-order valence-corrected chi connectivity index (χ3v) is 6.33. The van der Waals surface area contributed by atoms with Gasteiger partial charge in [-0.1, -0.05) is 0 Å². The molecule has 3 aromatic heterocycles. The second-order valence-corrected chi connectivity index (χ2v) is 9.60. The Labute approximate surface area is 206 Å². The molecule has 0 aromatic carbocycles. The highest BCUT2D eigenvalue weighted by atomic mass is 19.4. The number of aromatic nitrogens is 6. The molecule has 3 heterocycles. The molecule has 2 aliphatic rings. The lowest BCUT2D eigenvalue weighted by Gasteiger charge is -2.34. The number of carbonyl (C=O) groups is 2. The average molecular weight is 526 g/mol. The number of amides is 2. The smallest absolute Gasteiger partial charge is 0.349 e. The number of fused-ring (bicyclic) bond motifs is 1. The van der Waals surface area contributed by atoms with Crippen LogP contribution in [0.2, 0.25) is 0 Å². The van der Waals surface area contributed by atoms with Gasteiger partial charge in [-0.3, -0.25) is 9.59 Å². The van der Waals surface area contributed by atoms with Crippen molar-refractivity contribution in [1.29, 1.82) is 0 Å². The lowest BCUT2D eigenvalue weighted by molar-refractivity contribution is -0.145. The quantitative estimate of drug-likeness (QED) is 0.414. The van der Waals surface area contributed by atoms with Crippen molar-refractivity contribution < 1.29 is 31.5 Å². The largest absolute Gasteiger partial charge is 0.409 e. The van der Waals surface area contributed by atoms with Gasteiger partial charge >= 0.3 is 6.18 Å². The molecule has 15 heteroatoms. The van der Waals surface area contributed by atoms with Gasteiger partial charge in [0.15, 0.2) is 17.9 Å². The first-order chi connectivity index (χ1) is 17.4. The molecule has 198 valence electrons. The predicted octanol–water partition coefficient (Wildman–Crippen LogP) is 2.82. The van der Waals surface area contributed by atoms with Crippen LogP contribution in [0.25, 0.3) is 5.65 Å². The number of hydrogen-bond donors (Lipinski definition) is 2. The summed E-state index contributed by atoms with van der Waals surface area (Å²) in [4.78, 5) is 29.5. The van der Waals surface area contributed by atoms with Crippen LogP contribution in [0.3, 0.4) is 0 Å². The normalized spacial score (nSPS) is 18.4. The summed E-state index contributed by atoms with van der Waals surface area (Å²) in [5, 5.41) is 16.8. The number of alkyl halides is 5. The number of carbonyl (C=O) groups excluding carboxylic acids is 2. The third-order valence-electron chi connectivity index (χ3n) is 6.33. The van der Waals surface area contributed by atoms with Gasteiger partial charge in [-0.25, -0.2) is 18.3 Å². The van der Waals surface area contributed by atoms with Crippen molar-refractivity contribution in [2.24, 2.45) is 11.8 Å². The van der Waals surface area contributed by atoms with Crippen LogP contribution >= 0.6 is 0 Å². The molecule has 3 aromatic rings. The Morgan fingerprint density at radius 1 is 1.16 bits per heavy atom. The molecular weight excluding hydrogens is 503 g/mol. The van der Waals surface area contributed by atoms with Gasteiger partial charge in [0, 0.05) is 19.3 Å². The number of hydrogen-bond acceptors (Lipinski definition) is 6. The van der Waals surface area contributed by atoms with E-state index in [-0.39, 0.29) is 55.3 Å². The van der Waals surface area contributed by atoms with E-state index in [1.165, 1.54) is 4.52 Å². The topological polar surface area (TPSA) is 119 Å². The van der Waals surface area contributed by atoms with Gasteiger partial charge in [-0.2, -0.15) is 28.2 Å². The Kier molecular flexibility index (Phi) is 6.31. The van der Waals surface area contributed by atoms with Crippen molar-refractivity contribution in [2.75, 3.05) is 0 Å². The van der Waals surface area contributed by atoms with E-state index < -0.39 is 24.6 Å². The fourth-order valence-corrected chi connectivity index (χ4v) is 4.42. The Morgan fingerprint density at radius 3 is 2.59 bits per heavy atom. The van der Waals surface area contributed by atoms with Gasteiger partial charge in [-0.05, 0) is 36.3 Å². The summed E-state index contributed by atoms with van der Waals surface area (Å²) < 4.78 is 65.0. The summed E-state index contributed by atoms with van der Waals surface area (Å²) in [5.74, 6) is -3.72. The fourth-order valence-electron chi connectivity index (χ4n) is 4.42. The Hall–Kier alpha value is -3.65. The zero-order valence-electron chi connectivity index (χ0n) is 19.4. The highest BCUT2D eigenvalue weighted by Crippen LogP contribution is 2.45. The van der Waals surface area contributed by atoms with Crippen LogP contribution in [0, 0.1) is 11.8 Å². The number of nitrogens with one attached hydrogen (secondary N) is 2. The average Bonchev–Trinajstić information content (AvgIpc) is 3.38.